The van der Waals surface area contributed by atoms with Gasteiger partial charge in [0.05, 0.1) is 25.3 Å². The number of anilines is 2. The topological polar surface area (TPSA) is 88.7 Å². The highest BCUT2D eigenvalue weighted by molar-refractivity contribution is 6.32. The molecule has 27 heavy (non-hydrogen) atoms. The zero-order chi connectivity index (χ0) is 19.6. The summed E-state index contributed by atoms with van der Waals surface area (Å²) in [7, 11) is 3.10. The van der Waals surface area contributed by atoms with E-state index in [0.717, 1.165) is 0 Å². The molecule has 0 saturated heterocycles. The molecule has 2 aromatic rings. The number of methoxy groups -OCH3 is 2. The Balaban J connectivity index is 1.89. The Kier molecular flexibility index (Phi) is 7.91. The number of hydrogen-bond donors (Lipinski definition) is 3. The van der Waals surface area contributed by atoms with Gasteiger partial charge in [-0.2, -0.15) is 0 Å². The van der Waals surface area contributed by atoms with Crippen LogP contribution in [-0.2, 0) is 9.53 Å². The van der Waals surface area contributed by atoms with E-state index in [9.17, 15) is 9.59 Å². The minimum absolute atomic E-state index is 0.0485. The van der Waals surface area contributed by atoms with Crippen molar-refractivity contribution in [1.29, 1.82) is 0 Å². The van der Waals surface area contributed by atoms with Gasteiger partial charge in [0.2, 0.25) is 5.91 Å². The molecule has 0 fully saturated rings. The molecule has 2 rings (SSSR count). The largest absolute Gasteiger partial charge is 0.495 e. The lowest BCUT2D eigenvalue weighted by Gasteiger charge is -2.10. The molecular formula is C19H22ClN3O4. The Morgan fingerprint density at radius 3 is 2.59 bits per heavy atom. The highest BCUT2D eigenvalue weighted by Crippen LogP contribution is 2.27. The van der Waals surface area contributed by atoms with Gasteiger partial charge in [-0.05, 0) is 36.4 Å². The Bertz CT molecular complexity index is 798. The maximum atomic E-state index is 12.1. The van der Waals surface area contributed by atoms with Gasteiger partial charge in [-0.3, -0.25) is 9.59 Å². The van der Waals surface area contributed by atoms with Crippen molar-refractivity contribution in [2.24, 2.45) is 0 Å². The van der Waals surface area contributed by atoms with Crippen LogP contribution in [0.15, 0.2) is 42.5 Å². The van der Waals surface area contributed by atoms with E-state index in [1.807, 2.05) is 0 Å². The fourth-order valence-electron chi connectivity index (χ4n) is 2.27. The number of benzene rings is 2. The standard InChI is InChI=1S/C19H22ClN3O4/c1-26-9-8-21-19(25)13-4-3-5-15(10-13)23-18(24)12-22-14-6-7-17(27-2)16(20)11-14/h3-7,10-11,22H,8-9,12H2,1-2H3,(H,21,25)(H,23,24). The van der Waals surface area contributed by atoms with Gasteiger partial charge >= 0.3 is 0 Å². The minimum Gasteiger partial charge on any atom is -0.495 e. The fraction of sp³-hybridized carbons (Fsp3) is 0.263. The molecule has 0 radical (unpaired) electrons. The Morgan fingerprint density at radius 1 is 1.07 bits per heavy atom. The van der Waals surface area contributed by atoms with E-state index in [1.54, 1.807) is 49.6 Å². The molecule has 0 spiro atoms. The molecule has 0 unspecified atom stereocenters. The van der Waals surface area contributed by atoms with Crippen LogP contribution in [0.4, 0.5) is 11.4 Å². The molecule has 0 atom stereocenters. The lowest BCUT2D eigenvalue weighted by Crippen LogP contribution is -2.27. The number of ether oxygens (including phenoxy) is 2. The maximum Gasteiger partial charge on any atom is 0.251 e. The minimum atomic E-state index is -0.251. The third-order valence-corrected chi connectivity index (χ3v) is 3.90. The highest BCUT2D eigenvalue weighted by Gasteiger charge is 2.08. The summed E-state index contributed by atoms with van der Waals surface area (Å²) in [5.74, 6) is 0.0836. The Morgan fingerprint density at radius 2 is 1.89 bits per heavy atom. The molecule has 3 N–H and O–H groups in total. The van der Waals surface area contributed by atoms with Crippen LogP contribution < -0.4 is 20.7 Å². The molecule has 0 bridgehead atoms. The number of carbonyl (C=O) groups is 2. The van der Waals surface area contributed by atoms with Gasteiger partial charge in [0, 0.05) is 30.6 Å². The molecule has 0 aromatic heterocycles. The van der Waals surface area contributed by atoms with Crippen LogP contribution in [0.1, 0.15) is 10.4 Å². The van der Waals surface area contributed by atoms with Crippen LogP contribution in [-0.4, -0.2) is 45.7 Å². The lowest BCUT2D eigenvalue weighted by atomic mass is 10.2. The van der Waals surface area contributed by atoms with Gasteiger partial charge in [0.1, 0.15) is 5.75 Å². The predicted molar refractivity (Wildman–Crippen MR) is 106 cm³/mol. The van der Waals surface area contributed by atoms with E-state index in [4.69, 9.17) is 21.1 Å². The molecular weight excluding hydrogens is 370 g/mol. The Hall–Kier alpha value is -2.77. The third kappa shape index (κ3) is 6.47. The smallest absolute Gasteiger partial charge is 0.251 e. The zero-order valence-electron chi connectivity index (χ0n) is 15.2. The molecule has 0 aliphatic heterocycles. The fourth-order valence-corrected chi connectivity index (χ4v) is 2.53. The number of halogens is 1. The van der Waals surface area contributed by atoms with Crippen molar-refractivity contribution in [3.05, 3.63) is 53.1 Å². The first-order valence-corrected chi connectivity index (χ1v) is 8.65. The van der Waals surface area contributed by atoms with Crippen molar-refractivity contribution < 1.29 is 19.1 Å². The highest BCUT2D eigenvalue weighted by atomic mass is 35.5. The Labute approximate surface area is 163 Å². The van der Waals surface area contributed by atoms with Gasteiger partial charge < -0.3 is 25.4 Å². The first kappa shape index (κ1) is 20.5. The number of rotatable bonds is 9. The second-order valence-electron chi connectivity index (χ2n) is 5.58. The van der Waals surface area contributed by atoms with E-state index in [1.165, 1.54) is 7.11 Å². The van der Waals surface area contributed by atoms with E-state index in [0.29, 0.717) is 40.9 Å². The number of hydrogen-bond acceptors (Lipinski definition) is 5. The third-order valence-electron chi connectivity index (χ3n) is 3.61. The van der Waals surface area contributed by atoms with Crippen LogP contribution in [0.25, 0.3) is 0 Å². The zero-order valence-corrected chi connectivity index (χ0v) is 15.9. The molecule has 0 heterocycles. The van der Waals surface area contributed by atoms with Gasteiger partial charge in [0.15, 0.2) is 0 Å². The van der Waals surface area contributed by atoms with Gasteiger partial charge in [-0.15, -0.1) is 0 Å². The molecule has 0 aliphatic carbocycles. The summed E-state index contributed by atoms with van der Waals surface area (Å²) >= 11 is 6.06. The van der Waals surface area contributed by atoms with Crippen molar-refractivity contribution in [3.8, 4) is 5.75 Å². The molecule has 8 heteroatoms. The maximum absolute atomic E-state index is 12.1. The van der Waals surface area contributed by atoms with Gasteiger partial charge in [0.25, 0.3) is 5.91 Å². The van der Waals surface area contributed by atoms with Crippen molar-refractivity contribution in [2.75, 3.05) is 44.5 Å². The quantitative estimate of drug-likeness (QED) is 0.572. The molecule has 2 aromatic carbocycles. The number of carbonyl (C=O) groups excluding carboxylic acids is 2. The van der Waals surface area contributed by atoms with Crippen LogP contribution in [0.5, 0.6) is 5.75 Å². The van der Waals surface area contributed by atoms with Crippen molar-refractivity contribution in [3.63, 3.8) is 0 Å². The monoisotopic (exact) mass is 391 g/mol. The van der Waals surface area contributed by atoms with Gasteiger partial charge in [-0.1, -0.05) is 17.7 Å². The average molecular weight is 392 g/mol. The van der Waals surface area contributed by atoms with E-state index < -0.39 is 0 Å². The van der Waals surface area contributed by atoms with E-state index in [2.05, 4.69) is 16.0 Å². The van der Waals surface area contributed by atoms with Gasteiger partial charge in [-0.25, -0.2) is 0 Å². The normalized spacial score (nSPS) is 10.2. The molecule has 2 amide bonds. The van der Waals surface area contributed by atoms with Crippen molar-refractivity contribution in [2.45, 2.75) is 0 Å². The van der Waals surface area contributed by atoms with Crippen LogP contribution in [0.2, 0.25) is 5.02 Å². The second kappa shape index (κ2) is 10.4. The summed E-state index contributed by atoms with van der Waals surface area (Å²) < 4.78 is 9.98. The average Bonchev–Trinajstić information content (AvgIpc) is 2.67. The first-order chi connectivity index (χ1) is 13.0. The van der Waals surface area contributed by atoms with E-state index in [-0.39, 0.29) is 18.4 Å². The number of nitrogens with one attached hydrogen (secondary N) is 3. The summed E-state index contributed by atoms with van der Waals surface area (Å²) in [6, 6.07) is 11.9. The summed E-state index contributed by atoms with van der Waals surface area (Å²) in [4.78, 5) is 24.2. The summed E-state index contributed by atoms with van der Waals surface area (Å²) in [6.07, 6.45) is 0. The number of amides is 2. The summed E-state index contributed by atoms with van der Waals surface area (Å²) in [5, 5.41) is 8.92. The second-order valence-corrected chi connectivity index (χ2v) is 5.99. The SMILES string of the molecule is COCCNC(=O)c1cccc(NC(=O)CNc2ccc(OC)c(Cl)c2)c1. The lowest BCUT2D eigenvalue weighted by molar-refractivity contribution is -0.114. The predicted octanol–water partition coefficient (Wildman–Crippen LogP) is 2.78. The van der Waals surface area contributed by atoms with Crippen LogP contribution in [0.3, 0.4) is 0 Å². The van der Waals surface area contributed by atoms with E-state index >= 15 is 0 Å². The van der Waals surface area contributed by atoms with Crippen molar-refractivity contribution in [1.82, 2.24) is 5.32 Å². The molecule has 144 valence electrons. The van der Waals surface area contributed by atoms with Crippen LogP contribution >= 0.6 is 11.6 Å². The molecule has 0 aliphatic rings. The first-order valence-electron chi connectivity index (χ1n) is 8.28. The molecule has 7 nitrogen and oxygen atoms in total. The van der Waals surface area contributed by atoms with Crippen molar-refractivity contribution >= 4 is 34.8 Å². The molecule has 0 saturated carbocycles. The van der Waals surface area contributed by atoms with Crippen LogP contribution in [0, 0.1) is 0 Å². The summed E-state index contributed by atoms with van der Waals surface area (Å²) in [5.41, 5.74) is 1.69. The summed E-state index contributed by atoms with van der Waals surface area (Å²) in [6.45, 7) is 0.899.